The molecule has 1 N–H and O–H groups in total. The number of aryl methyl sites for hydroxylation is 3. The Bertz CT molecular complexity index is 837. The molecule has 2 aromatic carbocycles. The summed E-state index contributed by atoms with van der Waals surface area (Å²) in [6, 6.07) is 13.7. The number of nitriles is 1. The van der Waals surface area contributed by atoms with E-state index in [0.717, 1.165) is 33.6 Å². The van der Waals surface area contributed by atoms with Gasteiger partial charge in [-0.3, -0.25) is 4.79 Å². The summed E-state index contributed by atoms with van der Waals surface area (Å²) in [7, 11) is 1.00. The van der Waals surface area contributed by atoms with Crippen LogP contribution in [0.4, 0.5) is 0 Å². The van der Waals surface area contributed by atoms with Gasteiger partial charge in [0.15, 0.2) is 0 Å². The molecule has 0 atom stereocenters. The summed E-state index contributed by atoms with van der Waals surface area (Å²) >= 11 is 6.81. The zero-order chi connectivity index (χ0) is 22.6. The van der Waals surface area contributed by atoms with Crippen molar-refractivity contribution < 1.29 is 14.6 Å². The molecule has 0 bridgehead atoms. The van der Waals surface area contributed by atoms with Crippen LogP contribution in [-0.4, -0.2) is 23.8 Å². The van der Waals surface area contributed by atoms with Gasteiger partial charge in [0.1, 0.15) is 5.60 Å². The third kappa shape index (κ3) is 11.8. The number of hydrogen-bond donors (Lipinski definition) is 1. The van der Waals surface area contributed by atoms with Gasteiger partial charge in [-0.2, -0.15) is 5.26 Å². The summed E-state index contributed by atoms with van der Waals surface area (Å²) in [5.74, 6) is -0.141. The van der Waals surface area contributed by atoms with E-state index in [9.17, 15) is 4.79 Å². The Morgan fingerprint density at radius 2 is 1.55 bits per heavy atom. The lowest BCUT2D eigenvalue weighted by Gasteiger charge is -2.19. The van der Waals surface area contributed by atoms with Gasteiger partial charge in [-0.05, 0) is 82.0 Å². The molecule has 0 amide bonds. The topological polar surface area (TPSA) is 70.3 Å². The van der Waals surface area contributed by atoms with Gasteiger partial charge < -0.3 is 9.84 Å². The number of ether oxygens (including phenoxy) is 1. The fourth-order valence-electron chi connectivity index (χ4n) is 2.22. The number of rotatable bonds is 3. The van der Waals surface area contributed by atoms with Crippen LogP contribution in [0.15, 0.2) is 45.3 Å². The monoisotopic (exact) mass is 525 g/mol. The van der Waals surface area contributed by atoms with Crippen molar-refractivity contribution in [1.82, 2.24) is 0 Å². The summed E-state index contributed by atoms with van der Waals surface area (Å²) in [4.78, 5) is 11.6. The Hall–Kier alpha value is -1.68. The van der Waals surface area contributed by atoms with E-state index < -0.39 is 5.60 Å². The zero-order valence-corrected chi connectivity index (χ0v) is 21.0. The van der Waals surface area contributed by atoms with Crippen LogP contribution in [0, 0.1) is 25.2 Å². The van der Waals surface area contributed by atoms with Crippen LogP contribution in [0.25, 0.3) is 0 Å². The van der Waals surface area contributed by atoms with Crippen molar-refractivity contribution in [2.45, 2.75) is 53.1 Å². The maximum Gasteiger partial charge on any atom is 0.306 e. The predicted molar refractivity (Wildman–Crippen MR) is 125 cm³/mol. The van der Waals surface area contributed by atoms with Crippen molar-refractivity contribution >= 4 is 37.8 Å². The smallest absolute Gasteiger partial charge is 0.306 e. The fourth-order valence-corrected chi connectivity index (χ4v) is 2.71. The van der Waals surface area contributed by atoms with Crippen LogP contribution in [0.2, 0.25) is 0 Å². The van der Waals surface area contributed by atoms with E-state index in [2.05, 4.69) is 44.0 Å². The van der Waals surface area contributed by atoms with Crippen molar-refractivity contribution in [3.05, 3.63) is 67.6 Å². The molecule has 6 heteroatoms. The number of esters is 1. The second-order valence-corrected chi connectivity index (χ2v) is 8.95. The molecule has 0 fully saturated rings. The van der Waals surface area contributed by atoms with Crippen LogP contribution in [-0.2, 0) is 16.0 Å². The molecule has 29 heavy (non-hydrogen) atoms. The average Bonchev–Trinajstić information content (AvgIpc) is 2.66. The maximum atomic E-state index is 11.6. The van der Waals surface area contributed by atoms with Crippen molar-refractivity contribution in [2.75, 3.05) is 7.11 Å². The van der Waals surface area contributed by atoms with E-state index in [1.54, 1.807) is 6.07 Å². The number of benzene rings is 2. The number of hydrogen-bond acceptors (Lipinski definition) is 4. The number of carbonyl (C=O) groups excluding carboxylic acids is 1. The first kappa shape index (κ1) is 27.3. The molecule has 2 aromatic rings. The van der Waals surface area contributed by atoms with Crippen LogP contribution >= 0.6 is 31.9 Å². The molecular formula is C23H29Br2NO3. The van der Waals surface area contributed by atoms with E-state index >= 15 is 0 Å². The highest BCUT2D eigenvalue weighted by Crippen LogP contribution is 2.18. The van der Waals surface area contributed by atoms with Crippen molar-refractivity contribution in [3.8, 4) is 6.07 Å². The summed E-state index contributed by atoms with van der Waals surface area (Å²) in [6.45, 7) is 9.66. The predicted octanol–water partition coefficient (Wildman–Crippen LogP) is 6.27. The Labute approximate surface area is 191 Å². The van der Waals surface area contributed by atoms with E-state index in [4.69, 9.17) is 15.1 Å². The van der Waals surface area contributed by atoms with Gasteiger partial charge in [-0.1, -0.05) is 44.0 Å². The molecule has 0 aliphatic carbocycles. The molecule has 0 radical (unpaired) electrons. The highest BCUT2D eigenvalue weighted by atomic mass is 79.9. The molecule has 4 nitrogen and oxygen atoms in total. The number of aliphatic hydroxyl groups is 1. The molecular weight excluding hydrogens is 498 g/mol. The first-order valence-electron chi connectivity index (χ1n) is 9.09. The fraction of sp³-hybridized carbons (Fsp3) is 0.391. The Balaban J connectivity index is 0.000000554. The van der Waals surface area contributed by atoms with Gasteiger partial charge in [0, 0.05) is 22.5 Å². The van der Waals surface area contributed by atoms with Crippen molar-refractivity contribution in [3.63, 3.8) is 0 Å². The lowest BCUT2D eigenvalue weighted by Crippen LogP contribution is -2.24. The van der Waals surface area contributed by atoms with Crippen molar-refractivity contribution in [2.24, 2.45) is 0 Å². The van der Waals surface area contributed by atoms with Gasteiger partial charge in [0.25, 0.3) is 0 Å². The zero-order valence-electron chi connectivity index (χ0n) is 17.8. The van der Waals surface area contributed by atoms with E-state index in [0.29, 0.717) is 12.0 Å². The third-order valence-corrected chi connectivity index (χ3v) is 5.33. The summed E-state index contributed by atoms with van der Waals surface area (Å²) in [6.07, 6.45) is 1.15. The Morgan fingerprint density at radius 1 is 1.03 bits per heavy atom. The van der Waals surface area contributed by atoms with Gasteiger partial charge in [-0.25, -0.2) is 0 Å². The number of aliphatic hydroxyl groups excluding tert-OH is 1. The molecule has 0 saturated carbocycles. The van der Waals surface area contributed by atoms with E-state index in [-0.39, 0.29) is 5.97 Å². The van der Waals surface area contributed by atoms with Gasteiger partial charge in [-0.15, -0.1) is 0 Å². The SMILES string of the molecule is CO.Cc1cc(C#N)ccc1Br.Cc1cc(CCC(=O)OC(C)(C)C)ccc1Br. The Morgan fingerprint density at radius 3 is 2.00 bits per heavy atom. The lowest BCUT2D eigenvalue weighted by molar-refractivity contribution is -0.154. The maximum absolute atomic E-state index is 11.6. The quantitative estimate of drug-likeness (QED) is 0.478. The van der Waals surface area contributed by atoms with Gasteiger partial charge in [0.2, 0.25) is 0 Å². The average molecular weight is 527 g/mol. The van der Waals surface area contributed by atoms with Gasteiger partial charge in [0.05, 0.1) is 11.6 Å². The highest BCUT2D eigenvalue weighted by molar-refractivity contribution is 9.10. The molecule has 0 aromatic heterocycles. The first-order valence-corrected chi connectivity index (χ1v) is 10.7. The van der Waals surface area contributed by atoms with E-state index in [1.807, 2.05) is 58.9 Å². The summed E-state index contributed by atoms with van der Waals surface area (Å²) in [5.41, 5.74) is 3.76. The minimum absolute atomic E-state index is 0.141. The van der Waals surface area contributed by atoms with Crippen LogP contribution in [0.3, 0.4) is 0 Å². The third-order valence-electron chi connectivity index (χ3n) is 3.55. The van der Waals surface area contributed by atoms with Crippen LogP contribution in [0.5, 0.6) is 0 Å². The molecule has 0 heterocycles. The molecule has 0 aliphatic rings. The molecule has 158 valence electrons. The van der Waals surface area contributed by atoms with E-state index in [1.165, 1.54) is 5.56 Å². The molecule has 2 rings (SSSR count). The largest absolute Gasteiger partial charge is 0.460 e. The standard InChI is InChI=1S/C14H19BrO2.C8H6BrN.CH4O/c1-10-9-11(5-7-12(10)15)6-8-13(16)17-14(2,3)4;1-6-4-7(5-10)2-3-8(6)9;1-2/h5,7,9H,6,8H2,1-4H3;2-4H,1H3;2H,1H3. The summed E-state index contributed by atoms with van der Waals surface area (Å²) < 4.78 is 7.41. The second kappa shape index (κ2) is 13.5. The van der Waals surface area contributed by atoms with Crippen LogP contribution in [0.1, 0.15) is 49.4 Å². The number of halogens is 2. The van der Waals surface area contributed by atoms with Crippen molar-refractivity contribution in [1.29, 1.82) is 5.26 Å². The van der Waals surface area contributed by atoms with Crippen LogP contribution < -0.4 is 0 Å². The normalized spacial score (nSPS) is 9.93. The lowest BCUT2D eigenvalue weighted by atomic mass is 10.1. The first-order chi connectivity index (χ1) is 13.5. The summed E-state index contributed by atoms with van der Waals surface area (Å²) in [5, 5.41) is 15.5. The van der Waals surface area contributed by atoms with Gasteiger partial charge >= 0.3 is 5.97 Å². The molecule has 0 unspecified atom stereocenters. The highest BCUT2D eigenvalue weighted by Gasteiger charge is 2.15. The minimum atomic E-state index is -0.396. The minimum Gasteiger partial charge on any atom is -0.460 e. The molecule has 0 aliphatic heterocycles. The molecule has 0 spiro atoms. The Kier molecular flexibility index (Phi) is 12.7. The number of nitrogens with zero attached hydrogens (tertiary/aromatic N) is 1. The second-order valence-electron chi connectivity index (χ2n) is 7.25. The molecule has 0 saturated heterocycles. The number of carbonyl (C=O) groups is 1.